The van der Waals surface area contributed by atoms with E-state index in [1.165, 1.54) is 12.4 Å². The third kappa shape index (κ3) is 8.01. The highest BCUT2D eigenvalue weighted by Gasteiger charge is 2.33. The normalized spacial score (nSPS) is 11.6. The van der Waals surface area contributed by atoms with Crippen LogP contribution in [0.3, 0.4) is 0 Å². The summed E-state index contributed by atoms with van der Waals surface area (Å²) in [6, 6.07) is 33.1. The molecule has 0 N–H and O–H groups in total. The van der Waals surface area contributed by atoms with E-state index in [-0.39, 0.29) is 15.3 Å². The molecule has 3 aromatic carbocycles. The molecule has 0 atom stereocenters. The molecule has 0 saturated heterocycles. The molecule has 3 heterocycles. The molecule has 0 bridgehead atoms. The predicted molar refractivity (Wildman–Crippen MR) is 174 cm³/mol. The second-order valence-corrected chi connectivity index (χ2v) is 11.4. The third-order valence-corrected chi connectivity index (χ3v) is 7.99. The molecule has 0 aliphatic heterocycles. The van der Waals surface area contributed by atoms with Gasteiger partial charge in [-0.15, -0.1) is 0 Å². The molecule has 0 aliphatic rings. The Kier molecular flexibility index (Phi) is 9.57. The zero-order valence-corrected chi connectivity index (χ0v) is 26.3. The van der Waals surface area contributed by atoms with Crippen LogP contribution in [0.4, 0.5) is 13.2 Å². The van der Waals surface area contributed by atoms with Gasteiger partial charge in [-0.3, -0.25) is 4.52 Å². The minimum absolute atomic E-state index is 0.222. The topological polar surface area (TPSA) is 59.8 Å². The first kappa shape index (κ1) is 31.9. The lowest BCUT2D eigenvalue weighted by molar-refractivity contribution is -0.719. The zero-order valence-electron chi connectivity index (χ0n) is 25.4. The van der Waals surface area contributed by atoms with Crippen LogP contribution in [-0.2, 0) is 28.8 Å². The minimum Gasteiger partial charge on any atom is -0.290 e. The monoisotopic (exact) mass is 650 g/mol. The van der Waals surface area contributed by atoms with Crippen molar-refractivity contribution in [2.24, 2.45) is 0 Å². The van der Waals surface area contributed by atoms with Crippen LogP contribution < -0.4 is 9.13 Å². The molecule has 0 fully saturated rings. The van der Waals surface area contributed by atoms with Crippen molar-refractivity contribution in [3.63, 3.8) is 0 Å². The zero-order chi connectivity index (χ0) is 32.8. The first-order valence-corrected chi connectivity index (χ1v) is 15.7. The maximum absolute atomic E-state index is 12.8. The Morgan fingerprint density at radius 1 is 0.617 bits per heavy atom. The Bertz CT molecular complexity index is 1970. The van der Waals surface area contributed by atoms with Gasteiger partial charge in [0.1, 0.15) is 6.54 Å². The predicted octanol–water partition coefficient (Wildman–Crippen LogP) is 8.69. The Morgan fingerprint density at radius 2 is 1.04 bits per heavy atom. The summed E-state index contributed by atoms with van der Waals surface area (Å²) in [5, 5.41) is 0. The summed E-state index contributed by atoms with van der Waals surface area (Å²) in [6.07, 6.45) is 2.72. The van der Waals surface area contributed by atoms with Crippen molar-refractivity contribution in [1.29, 1.82) is 0 Å². The van der Waals surface area contributed by atoms with Crippen molar-refractivity contribution in [3.8, 4) is 56.2 Å². The van der Waals surface area contributed by atoms with Crippen LogP contribution in [0.25, 0.3) is 56.2 Å². The number of alkyl halides is 3. The highest BCUT2D eigenvalue weighted by molar-refractivity contribution is 7.17. The van der Waals surface area contributed by atoms with Crippen molar-refractivity contribution in [2.45, 2.75) is 32.8 Å². The number of halogens is 3. The Balaban J connectivity index is 1.33. The van der Waals surface area contributed by atoms with Gasteiger partial charge in [0.15, 0.2) is 30.6 Å². The molecule has 10 heteroatoms. The van der Waals surface area contributed by atoms with E-state index in [0.29, 0.717) is 5.82 Å². The van der Waals surface area contributed by atoms with Crippen LogP contribution in [0, 0.1) is 0 Å². The fourth-order valence-electron chi connectivity index (χ4n) is 5.21. The third-order valence-electron chi connectivity index (χ3n) is 7.76. The summed E-state index contributed by atoms with van der Waals surface area (Å²) < 4.78 is 57.2. The lowest BCUT2D eigenvalue weighted by atomic mass is 10.0. The van der Waals surface area contributed by atoms with Crippen molar-refractivity contribution < 1.29 is 31.4 Å². The molecule has 0 spiro atoms. The van der Waals surface area contributed by atoms with Gasteiger partial charge in [-0.2, -0.15) is 17.7 Å². The van der Waals surface area contributed by atoms with Gasteiger partial charge in [0.2, 0.25) is 6.54 Å². The van der Waals surface area contributed by atoms with Crippen molar-refractivity contribution in [2.75, 3.05) is 0 Å². The lowest BCUT2D eigenvalue weighted by Crippen LogP contribution is -2.40. The summed E-state index contributed by atoms with van der Waals surface area (Å²) in [7, 11) is -0.372. The van der Waals surface area contributed by atoms with Gasteiger partial charge >= 0.3 is 14.9 Å². The largest absolute Gasteiger partial charge is 0.448 e. The molecule has 0 unspecified atom stereocenters. The van der Waals surface area contributed by atoms with Gasteiger partial charge in [0.05, 0.1) is 18.0 Å². The highest BCUT2D eigenvalue weighted by Crippen LogP contribution is 2.31. The molecule has 6 aromatic rings. The summed E-state index contributed by atoms with van der Waals surface area (Å²) in [5.41, 5.74) is 8.87. The van der Waals surface area contributed by atoms with E-state index in [4.69, 9.17) is 14.5 Å². The van der Waals surface area contributed by atoms with Crippen molar-refractivity contribution >= 4 is 8.69 Å². The summed E-state index contributed by atoms with van der Waals surface area (Å²) in [6.45, 7) is 2.20. The van der Waals surface area contributed by atoms with Crippen LogP contribution in [0.15, 0.2) is 128 Å². The smallest absolute Gasteiger partial charge is 0.290 e. The fraction of sp³-hybridized carbons (Fsp3) is 0.135. The average molecular weight is 651 g/mol. The van der Waals surface area contributed by atoms with Crippen molar-refractivity contribution in [1.82, 2.24) is 9.97 Å². The molecule has 234 valence electrons. The Hall–Kier alpha value is -5.11. The van der Waals surface area contributed by atoms with Crippen LogP contribution >= 0.6 is 8.69 Å². The standard InChI is InChI=1S/C37H30F3N4O2P/c1-2-43-19-15-29(16-20-43)27-7-11-31(12-8-27)34-23-35(42-36(41-34)33-5-3-26(4-6-33)24-46-47-45)32-13-9-28(10-14-32)30-17-21-44(22-18-30)25-37(38,39)40/h3-23H,2,24-25H2,1H3/q+2. The molecule has 6 rings (SSSR count). The van der Waals surface area contributed by atoms with Crippen LogP contribution in [0.5, 0.6) is 0 Å². The van der Waals surface area contributed by atoms with Crippen LogP contribution in [0.1, 0.15) is 12.5 Å². The average Bonchev–Trinajstić information content (AvgIpc) is 3.10. The summed E-state index contributed by atoms with van der Waals surface area (Å²) >= 11 is 0. The number of rotatable bonds is 10. The first-order chi connectivity index (χ1) is 22.8. The molecule has 47 heavy (non-hydrogen) atoms. The van der Waals surface area contributed by atoms with E-state index in [2.05, 4.69) is 60.3 Å². The number of pyridine rings is 2. The maximum atomic E-state index is 12.8. The molecule has 0 radical (unpaired) electrons. The van der Waals surface area contributed by atoms with Gasteiger partial charge in [-0.25, -0.2) is 19.1 Å². The summed E-state index contributed by atoms with van der Waals surface area (Å²) in [4.78, 5) is 9.85. The quantitative estimate of drug-likeness (QED) is 0.110. The van der Waals surface area contributed by atoms with Gasteiger partial charge in [0.25, 0.3) is 0 Å². The lowest BCUT2D eigenvalue weighted by Gasteiger charge is -2.11. The number of aryl methyl sites for hydroxylation is 1. The van der Waals surface area contributed by atoms with Gasteiger partial charge in [-0.1, -0.05) is 72.8 Å². The van der Waals surface area contributed by atoms with E-state index in [0.717, 1.165) is 67.0 Å². The Morgan fingerprint density at radius 3 is 1.49 bits per heavy atom. The molecule has 0 amide bonds. The van der Waals surface area contributed by atoms with Crippen molar-refractivity contribution in [3.05, 3.63) is 133 Å². The number of benzene rings is 3. The van der Waals surface area contributed by atoms with Gasteiger partial charge < -0.3 is 0 Å². The number of hydrogen-bond donors (Lipinski definition) is 0. The molecular weight excluding hydrogens is 620 g/mol. The van der Waals surface area contributed by atoms with E-state index >= 15 is 0 Å². The fourth-order valence-corrected chi connectivity index (χ4v) is 5.41. The second kappa shape index (κ2) is 14.1. The van der Waals surface area contributed by atoms with Crippen LogP contribution in [-0.4, -0.2) is 16.1 Å². The molecule has 0 aliphatic carbocycles. The van der Waals surface area contributed by atoms with E-state index in [1.54, 1.807) is 12.1 Å². The second-order valence-electron chi connectivity index (χ2n) is 11.0. The SMILES string of the molecule is CC[n+]1ccc(-c2ccc(-c3cc(-c4ccc(-c5cc[n+](CC(F)(F)F)cc5)cc4)nc(-c4ccc(COP=O)cc4)n3)cc2)cc1. The number of nitrogens with zero attached hydrogens (tertiary/aromatic N) is 4. The number of hydrogen-bond acceptors (Lipinski definition) is 4. The molecule has 3 aromatic heterocycles. The van der Waals surface area contributed by atoms with Gasteiger partial charge in [-0.05, 0) is 40.8 Å². The Labute approximate surface area is 272 Å². The van der Waals surface area contributed by atoms with E-state index in [9.17, 15) is 17.7 Å². The maximum Gasteiger partial charge on any atom is 0.448 e. The number of aromatic nitrogens is 4. The van der Waals surface area contributed by atoms with Gasteiger partial charge in [0, 0.05) is 41.0 Å². The molecular formula is C37H30F3N4O2P+2. The molecule has 0 saturated carbocycles. The summed E-state index contributed by atoms with van der Waals surface area (Å²) in [5.74, 6) is 0.546. The highest BCUT2D eigenvalue weighted by atomic mass is 31.1. The van der Waals surface area contributed by atoms with Crippen LogP contribution in [0.2, 0.25) is 0 Å². The van der Waals surface area contributed by atoms with E-state index in [1.807, 2.05) is 54.6 Å². The molecule has 6 nitrogen and oxygen atoms in total. The van der Waals surface area contributed by atoms with E-state index < -0.39 is 12.7 Å². The minimum atomic E-state index is -4.28. The first-order valence-electron chi connectivity index (χ1n) is 15.0.